The summed E-state index contributed by atoms with van der Waals surface area (Å²) >= 11 is 5.71. The van der Waals surface area contributed by atoms with E-state index in [1.165, 1.54) is 0 Å². The fourth-order valence-electron chi connectivity index (χ4n) is 0.809. The number of rotatable bonds is 5. The van der Waals surface area contributed by atoms with Crippen LogP contribution in [0.1, 0.15) is 26.7 Å². The minimum Gasteiger partial charge on any atom is -0.464 e. The molecule has 0 fully saturated rings. The standard InChI is InChI=1S/C8H15ClO3/c1-3-5-6(9)7(10)8(11)12-4-2/h6-7,10H,3-5H2,1-2H3/t6-,7+/m0/s1. The van der Waals surface area contributed by atoms with Gasteiger partial charge in [-0.2, -0.15) is 0 Å². The van der Waals surface area contributed by atoms with Crippen LogP contribution in [-0.4, -0.2) is 29.2 Å². The third kappa shape index (κ3) is 3.93. The number of carbonyl (C=O) groups excluding carboxylic acids is 1. The summed E-state index contributed by atoms with van der Waals surface area (Å²) in [6.07, 6.45) is 0.262. The smallest absolute Gasteiger partial charge is 0.336 e. The molecule has 0 aliphatic heterocycles. The maximum absolute atomic E-state index is 10.9. The second-order valence-corrected chi connectivity index (χ2v) is 3.06. The second-order valence-electron chi connectivity index (χ2n) is 2.50. The summed E-state index contributed by atoms with van der Waals surface area (Å²) in [6, 6.07) is 0. The van der Waals surface area contributed by atoms with Crippen molar-refractivity contribution in [3.8, 4) is 0 Å². The summed E-state index contributed by atoms with van der Waals surface area (Å²) in [5.74, 6) is -0.633. The van der Waals surface area contributed by atoms with E-state index >= 15 is 0 Å². The largest absolute Gasteiger partial charge is 0.464 e. The van der Waals surface area contributed by atoms with E-state index in [1.54, 1.807) is 6.92 Å². The summed E-state index contributed by atoms with van der Waals surface area (Å²) in [5, 5.41) is 8.71. The van der Waals surface area contributed by atoms with E-state index in [-0.39, 0.29) is 6.61 Å². The molecule has 2 atom stereocenters. The third-order valence-electron chi connectivity index (χ3n) is 1.44. The van der Waals surface area contributed by atoms with Gasteiger partial charge < -0.3 is 9.84 Å². The Hall–Kier alpha value is -0.280. The molecule has 72 valence electrons. The number of carbonyl (C=O) groups is 1. The Kier molecular flexibility index (Phi) is 6.11. The number of ether oxygens (including phenoxy) is 1. The molecule has 1 N–H and O–H groups in total. The van der Waals surface area contributed by atoms with E-state index in [1.807, 2.05) is 6.92 Å². The van der Waals surface area contributed by atoms with E-state index in [0.717, 1.165) is 6.42 Å². The molecule has 0 heterocycles. The quantitative estimate of drug-likeness (QED) is 0.531. The van der Waals surface area contributed by atoms with Crippen LogP contribution in [0.15, 0.2) is 0 Å². The first-order valence-electron chi connectivity index (χ1n) is 4.12. The molecule has 12 heavy (non-hydrogen) atoms. The van der Waals surface area contributed by atoms with Gasteiger partial charge in [0, 0.05) is 0 Å². The van der Waals surface area contributed by atoms with Crippen LogP contribution in [0.2, 0.25) is 0 Å². The highest BCUT2D eigenvalue weighted by atomic mass is 35.5. The Labute approximate surface area is 77.7 Å². The molecule has 4 heteroatoms. The Bertz CT molecular complexity index is 138. The first-order valence-corrected chi connectivity index (χ1v) is 4.55. The number of hydrogen-bond acceptors (Lipinski definition) is 3. The molecule has 0 rings (SSSR count). The molecule has 0 aliphatic rings. The Morgan fingerprint density at radius 2 is 2.17 bits per heavy atom. The highest BCUT2D eigenvalue weighted by Crippen LogP contribution is 2.11. The zero-order chi connectivity index (χ0) is 9.56. The molecule has 0 unspecified atom stereocenters. The third-order valence-corrected chi connectivity index (χ3v) is 1.89. The first kappa shape index (κ1) is 11.7. The van der Waals surface area contributed by atoms with Gasteiger partial charge in [-0.3, -0.25) is 0 Å². The van der Waals surface area contributed by atoms with Crippen molar-refractivity contribution < 1.29 is 14.6 Å². The van der Waals surface area contributed by atoms with Gasteiger partial charge in [0.15, 0.2) is 6.10 Å². The lowest BCUT2D eigenvalue weighted by Crippen LogP contribution is -2.31. The lowest BCUT2D eigenvalue weighted by atomic mass is 10.1. The van der Waals surface area contributed by atoms with Crippen LogP contribution in [0, 0.1) is 0 Å². The fourth-order valence-corrected chi connectivity index (χ4v) is 1.13. The number of hydrogen-bond donors (Lipinski definition) is 1. The van der Waals surface area contributed by atoms with Gasteiger partial charge in [-0.15, -0.1) is 11.6 Å². The summed E-state index contributed by atoms with van der Waals surface area (Å²) in [4.78, 5) is 10.9. The SMILES string of the molecule is CCC[C@H](Cl)[C@@H](O)C(=O)OCC. The molecule has 0 spiro atoms. The molecular weight excluding hydrogens is 180 g/mol. The normalized spacial score (nSPS) is 15.3. The highest BCUT2D eigenvalue weighted by molar-refractivity contribution is 6.22. The van der Waals surface area contributed by atoms with Crippen molar-refractivity contribution >= 4 is 17.6 Å². The fraction of sp³-hybridized carbons (Fsp3) is 0.875. The molecule has 0 aromatic carbocycles. The summed E-state index contributed by atoms with van der Waals surface area (Å²) in [5.41, 5.74) is 0. The van der Waals surface area contributed by atoms with Crippen molar-refractivity contribution in [3.63, 3.8) is 0 Å². The van der Waals surface area contributed by atoms with Crippen molar-refractivity contribution in [2.45, 2.75) is 38.2 Å². The Balaban J connectivity index is 3.82. The average molecular weight is 195 g/mol. The van der Waals surface area contributed by atoms with E-state index < -0.39 is 17.5 Å². The van der Waals surface area contributed by atoms with Gasteiger partial charge in [-0.25, -0.2) is 4.79 Å². The highest BCUT2D eigenvalue weighted by Gasteiger charge is 2.24. The average Bonchev–Trinajstić information content (AvgIpc) is 2.04. The number of aliphatic hydroxyl groups excluding tert-OH is 1. The van der Waals surface area contributed by atoms with Crippen LogP contribution in [0.25, 0.3) is 0 Å². The first-order chi connectivity index (χ1) is 5.63. The molecule has 0 saturated heterocycles. The number of alkyl halides is 1. The molecule has 0 bridgehead atoms. The van der Waals surface area contributed by atoms with Gasteiger partial charge in [-0.1, -0.05) is 13.3 Å². The Morgan fingerprint density at radius 3 is 2.58 bits per heavy atom. The lowest BCUT2D eigenvalue weighted by molar-refractivity contribution is -0.153. The van der Waals surface area contributed by atoms with Crippen molar-refractivity contribution in [1.82, 2.24) is 0 Å². The maximum atomic E-state index is 10.9. The second kappa shape index (κ2) is 6.26. The van der Waals surface area contributed by atoms with Gasteiger partial charge in [0.2, 0.25) is 0 Å². The molecule has 0 amide bonds. The molecular formula is C8H15ClO3. The minimum absolute atomic E-state index is 0.269. The van der Waals surface area contributed by atoms with Crippen LogP contribution in [-0.2, 0) is 9.53 Å². The zero-order valence-corrected chi connectivity index (χ0v) is 8.17. The zero-order valence-electron chi connectivity index (χ0n) is 7.42. The van der Waals surface area contributed by atoms with Crippen LogP contribution in [0.3, 0.4) is 0 Å². The monoisotopic (exact) mass is 194 g/mol. The van der Waals surface area contributed by atoms with Gasteiger partial charge in [0.1, 0.15) is 0 Å². The Morgan fingerprint density at radius 1 is 1.58 bits per heavy atom. The van der Waals surface area contributed by atoms with Gasteiger partial charge >= 0.3 is 5.97 Å². The van der Waals surface area contributed by atoms with Crippen LogP contribution < -0.4 is 0 Å². The summed E-state index contributed by atoms with van der Waals surface area (Å²) in [6.45, 7) is 3.90. The van der Waals surface area contributed by atoms with E-state index in [2.05, 4.69) is 4.74 Å². The maximum Gasteiger partial charge on any atom is 0.336 e. The topological polar surface area (TPSA) is 46.5 Å². The van der Waals surface area contributed by atoms with Gasteiger partial charge in [0.05, 0.1) is 12.0 Å². The predicted molar refractivity (Wildman–Crippen MR) is 47.2 cm³/mol. The van der Waals surface area contributed by atoms with E-state index in [9.17, 15) is 9.90 Å². The number of esters is 1. The number of aliphatic hydroxyl groups is 1. The molecule has 3 nitrogen and oxygen atoms in total. The molecule has 0 aromatic rings. The molecule has 0 aliphatic carbocycles. The summed E-state index contributed by atoms with van der Waals surface area (Å²) in [7, 11) is 0. The molecule has 0 aromatic heterocycles. The van der Waals surface area contributed by atoms with Gasteiger partial charge in [0.25, 0.3) is 0 Å². The molecule has 0 radical (unpaired) electrons. The lowest BCUT2D eigenvalue weighted by Gasteiger charge is -2.14. The summed E-state index contributed by atoms with van der Waals surface area (Å²) < 4.78 is 4.60. The molecule has 0 saturated carbocycles. The predicted octanol–water partition coefficient (Wildman–Crippen LogP) is 1.32. The van der Waals surface area contributed by atoms with Gasteiger partial charge in [-0.05, 0) is 13.3 Å². The van der Waals surface area contributed by atoms with Crippen molar-refractivity contribution in [3.05, 3.63) is 0 Å². The number of halogens is 1. The van der Waals surface area contributed by atoms with E-state index in [0.29, 0.717) is 6.42 Å². The van der Waals surface area contributed by atoms with Crippen molar-refractivity contribution in [1.29, 1.82) is 0 Å². The van der Waals surface area contributed by atoms with Crippen molar-refractivity contribution in [2.75, 3.05) is 6.61 Å². The van der Waals surface area contributed by atoms with Crippen molar-refractivity contribution in [2.24, 2.45) is 0 Å². The van der Waals surface area contributed by atoms with Crippen LogP contribution in [0.5, 0.6) is 0 Å². The van der Waals surface area contributed by atoms with Crippen LogP contribution >= 0.6 is 11.6 Å². The van der Waals surface area contributed by atoms with Crippen LogP contribution in [0.4, 0.5) is 0 Å². The minimum atomic E-state index is -1.19. The van der Waals surface area contributed by atoms with E-state index in [4.69, 9.17) is 11.6 Å².